The molecule has 0 aromatic heterocycles. The first-order valence-corrected chi connectivity index (χ1v) is 5.34. The topological polar surface area (TPSA) is 49.3 Å². The van der Waals surface area contributed by atoms with E-state index in [0.717, 1.165) is 6.07 Å². The predicted molar refractivity (Wildman–Crippen MR) is 59.1 cm³/mol. The molecule has 17 heavy (non-hydrogen) atoms. The zero-order chi connectivity index (χ0) is 13.2. The van der Waals surface area contributed by atoms with Gasteiger partial charge in [-0.2, -0.15) is 13.2 Å². The smallest absolute Gasteiger partial charge is 0.416 e. The molecule has 0 amide bonds. The van der Waals surface area contributed by atoms with Crippen LogP contribution in [0.4, 0.5) is 13.2 Å². The lowest BCUT2D eigenvalue weighted by atomic mass is 10.1. The van der Waals surface area contributed by atoms with E-state index >= 15 is 0 Å². The molecule has 0 fully saturated rings. The summed E-state index contributed by atoms with van der Waals surface area (Å²) in [6.07, 6.45) is -4.56. The van der Waals surface area contributed by atoms with Crippen molar-refractivity contribution in [2.75, 3.05) is 13.6 Å². The van der Waals surface area contributed by atoms with Crippen LogP contribution in [0.25, 0.3) is 0 Å². The molecule has 0 saturated carbocycles. The number of phenolic OH excluding ortho intramolecular Hbond substituents is 1. The summed E-state index contributed by atoms with van der Waals surface area (Å²) >= 11 is 2.85. The molecule has 0 aliphatic carbocycles. The molecule has 1 rings (SSSR count). The third kappa shape index (κ3) is 3.19. The Labute approximate surface area is 104 Å². The molecule has 3 nitrogen and oxygen atoms in total. The molecule has 0 aliphatic rings. The standard InChI is InChI=1S/C10H9BrF3NO2/c1-15-4-8(17)9-6(11)2-5(3-7(9)16)10(12,13)14/h2-3,15-16H,4H2,1H3. The van der Waals surface area contributed by atoms with Crippen molar-refractivity contribution in [1.82, 2.24) is 5.32 Å². The highest BCUT2D eigenvalue weighted by molar-refractivity contribution is 9.10. The minimum absolute atomic E-state index is 0.0719. The second-order valence-corrected chi connectivity index (χ2v) is 4.16. The molecule has 0 atom stereocenters. The summed E-state index contributed by atoms with van der Waals surface area (Å²) in [7, 11) is 1.52. The van der Waals surface area contributed by atoms with E-state index in [1.807, 2.05) is 0 Å². The van der Waals surface area contributed by atoms with E-state index in [9.17, 15) is 23.1 Å². The van der Waals surface area contributed by atoms with E-state index in [-0.39, 0.29) is 16.6 Å². The van der Waals surface area contributed by atoms with E-state index in [2.05, 4.69) is 21.2 Å². The minimum Gasteiger partial charge on any atom is -0.507 e. The Morgan fingerprint density at radius 2 is 2.06 bits per heavy atom. The van der Waals surface area contributed by atoms with Crippen LogP contribution in [0.5, 0.6) is 5.75 Å². The molecule has 0 aliphatic heterocycles. The lowest BCUT2D eigenvalue weighted by Gasteiger charge is -2.11. The van der Waals surface area contributed by atoms with E-state index in [1.165, 1.54) is 7.05 Å². The third-order valence-corrected chi connectivity index (χ3v) is 2.64. The Kier molecular flexibility index (Phi) is 4.16. The number of rotatable bonds is 3. The number of halogens is 4. The normalized spacial score (nSPS) is 11.6. The summed E-state index contributed by atoms with van der Waals surface area (Å²) in [6, 6.07) is 1.30. The molecule has 0 radical (unpaired) electrons. The summed E-state index contributed by atoms with van der Waals surface area (Å²) in [5.74, 6) is -1.18. The van der Waals surface area contributed by atoms with Gasteiger partial charge in [-0.15, -0.1) is 0 Å². The summed E-state index contributed by atoms with van der Waals surface area (Å²) < 4.78 is 37.1. The molecule has 0 spiro atoms. The van der Waals surface area contributed by atoms with Gasteiger partial charge in [-0.1, -0.05) is 0 Å². The number of nitrogens with one attached hydrogen (secondary N) is 1. The molecule has 1 aromatic carbocycles. The Morgan fingerprint density at radius 1 is 1.47 bits per heavy atom. The largest absolute Gasteiger partial charge is 0.507 e. The van der Waals surface area contributed by atoms with Gasteiger partial charge in [0.2, 0.25) is 0 Å². The van der Waals surface area contributed by atoms with Gasteiger partial charge < -0.3 is 10.4 Å². The Hall–Kier alpha value is -1.08. The average molecular weight is 312 g/mol. The molecule has 0 heterocycles. The molecule has 1 aromatic rings. The number of aromatic hydroxyl groups is 1. The maximum absolute atomic E-state index is 12.4. The number of hydrogen-bond acceptors (Lipinski definition) is 3. The fraction of sp³-hybridized carbons (Fsp3) is 0.300. The molecule has 0 saturated heterocycles. The van der Waals surface area contributed by atoms with Crippen molar-refractivity contribution in [3.63, 3.8) is 0 Å². The van der Waals surface area contributed by atoms with Gasteiger partial charge >= 0.3 is 6.18 Å². The van der Waals surface area contributed by atoms with Crippen molar-refractivity contribution >= 4 is 21.7 Å². The van der Waals surface area contributed by atoms with Gasteiger partial charge in [0.1, 0.15) is 5.75 Å². The predicted octanol–water partition coefficient (Wildman–Crippen LogP) is 2.58. The first-order chi connectivity index (χ1) is 7.77. The number of carbonyl (C=O) groups is 1. The molecular formula is C10H9BrF3NO2. The molecule has 2 N–H and O–H groups in total. The van der Waals surface area contributed by atoms with Crippen LogP contribution in [0.1, 0.15) is 15.9 Å². The number of carbonyl (C=O) groups excluding carboxylic acids is 1. The molecular weight excluding hydrogens is 303 g/mol. The number of likely N-dealkylation sites (N-methyl/N-ethyl adjacent to an activating group) is 1. The first-order valence-electron chi connectivity index (χ1n) is 4.55. The van der Waals surface area contributed by atoms with Crippen LogP contribution in [0.2, 0.25) is 0 Å². The second kappa shape index (κ2) is 5.05. The van der Waals surface area contributed by atoms with Crippen LogP contribution >= 0.6 is 15.9 Å². The van der Waals surface area contributed by atoms with Crippen molar-refractivity contribution in [1.29, 1.82) is 0 Å². The van der Waals surface area contributed by atoms with Crippen molar-refractivity contribution in [3.8, 4) is 5.75 Å². The number of ketones is 1. The highest BCUT2D eigenvalue weighted by Crippen LogP contribution is 2.36. The lowest BCUT2D eigenvalue weighted by Crippen LogP contribution is -2.19. The van der Waals surface area contributed by atoms with E-state index in [4.69, 9.17) is 0 Å². The summed E-state index contributed by atoms with van der Waals surface area (Å²) in [5, 5.41) is 12.0. The Morgan fingerprint density at radius 3 is 2.47 bits per heavy atom. The highest BCUT2D eigenvalue weighted by Gasteiger charge is 2.32. The van der Waals surface area contributed by atoms with Crippen LogP contribution < -0.4 is 5.32 Å². The van der Waals surface area contributed by atoms with Crippen molar-refractivity contribution in [3.05, 3.63) is 27.7 Å². The molecule has 7 heteroatoms. The molecule has 94 valence electrons. The van der Waals surface area contributed by atoms with Gasteiger partial charge in [-0.25, -0.2) is 0 Å². The Balaban J connectivity index is 3.25. The monoisotopic (exact) mass is 311 g/mol. The van der Waals surface area contributed by atoms with Gasteiger partial charge in [-0.05, 0) is 35.1 Å². The quantitative estimate of drug-likeness (QED) is 0.844. The zero-order valence-corrected chi connectivity index (χ0v) is 10.3. The van der Waals surface area contributed by atoms with Crippen molar-refractivity contribution < 1.29 is 23.1 Å². The van der Waals surface area contributed by atoms with E-state index in [0.29, 0.717) is 6.07 Å². The minimum atomic E-state index is -4.56. The number of hydrogen-bond donors (Lipinski definition) is 2. The van der Waals surface area contributed by atoms with Gasteiger partial charge in [0.25, 0.3) is 0 Å². The fourth-order valence-corrected chi connectivity index (χ4v) is 1.95. The number of phenols is 1. The lowest BCUT2D eigenvalue weighted by molar-refractivity contribution is -0.137. The highest BCUT2D eigenvalue weighted by atomic mass is 79.9. The maximum atomic E-state index is 12.4. The van der Waals surface area contributed by atoms with Crippen LogP contribution in [0.3, 0.4) is 0 Å². The SMILES string of the molecule is CNCC(=O)c1c(O)cc(C(F)(F)F)cc1Br. The summed E-state index contributed by atoms with van der Waals surface area (Å²) in [6.45, 7) is -0.0719. The van der Waals surface area contributed by atoms with Gasteiger partial charge in [0.05, 0.1) is 17.7 Å². The number of Topliss-reactive ketones (excluding diaryl/α,β-unsaturated/α-hetero) is 1. The molecule has 0 bridgehead atoms. The number of alkyl halides is 3. The Bertz CT molecular complexity index is 423. The number of benzene rings is 1. The van der Waals surface area contributed by atoms with E-state index in [1.54, 1.807) is 0 Å². The van der Waals surface area contributed by atoms with Gasteiger partial charge in [-0.3, -0.25) is 4.79 Å². The van der Waals surface area contributed by atoms with Crippen molar-refractivity contribution in [2.24, 2.45) is 0 Å². The zero-order valence-electron chi connectivity index (χ0n) is 8.73. The maximum Gasteiger partial charge on any atom is 0.416 e. The van der Waals surface area contributed by atoms with E-state index < -0.39 is 23.3 Å². The van der Waals surface area contributed by atoms with Crippen LogP contribution in [0.15, 0.2) is 16.6 Å². The summed E-state index contributed by atoms with van der Waals surface area (Å²) in [4.78, 5) is 11.5. The first kappa shape index (κ1) is 14.0. The second-order valence-electron chi connectivity index (χ2n) is 3.30. The summed E-state index contributed by atoms with van der Waals surface area (Å²) in [5.41, 5.74) is -1.17. The van der Waals surface area contributed by atoms with Crippen LogP contribution in [-0.2, 0) is 6.18 Å². The van der Waals surface area contributed by atoms with Crippen LogP contribution in [0, 0.1) is 0 Å². The van der Waals surface area contributed by atoms with Crippen molar-refractivity contribution in [2.45, 2.75) is 6.18 Å². The van der Waals surface area contributed by atoms with Gasteiger partial charge in [0.15, 0.2) is 5.78 Å². The average Bonchev–Trinajstić information content (AvgIpc) is 2.15. The van der Waals surface area contributed by atoms with Gasteiger partial charge in [0, 0.05) is 4.47 Å². The molecule has 0 unspecified atom stereocenters. The third-order valence-electron chi connectivity index (χ3n) is 2.01. The van der Waals surface area contributed by atoms with Crippen LogP contribution in [-0.4, -0.2) is 24.5 Å². The fourth-order valence-electron chi connectivity index (χ4n) is 1.28.